The molecule has 1 aliphatic rings. The first-order valence-corrected chi connectivity index (χ1v) is 10.6. The number of halogens is 1. The first kappa shape index (κ1) is 20.7. The fourth-order valence-corrected chi connectivity index (χ4v) is 4.27. The van der Waals surface area contributed by atoms with Crippen LogP contribution >= 0.6 is 11.6 Å². The van der Waals surface area contributed by atoms with Gasteiger partial charge in [-0.25, -0.2) is 0 Å². The summed E-state index contributed by atoms with van der Waals surface area (Å²) in [7, 11) is 0. The maximum atomic E-state index is 6.64. The largest absolute Gasteiger partial charge is 0.363 e. The van der Waals surface area contributed by atoms with Gasteiger partial charge < -0.3 is 4.90 Å². The van der Waals surface area contributed by atoms with Gasteiger partial charge in [0, 0.05) is 29.6 Å². The van der Waals surface area contributed by atoms with Gasteiger partial charge in [-0.2, -0.15) is 0 Å². The van der Waals surface area contributed by atoms with E-state index in [9.17, 15) is 0 Å². The van der Waals surface area contributed by atoms with Crippen LogP contribution in [0.1, 0.15) is 70.6 Å². The second-order valence-corrected chi connectivity index (χ2v) is 8.68. The van der Waals surface area contributed by atoms with E-state index in [-0.39, 0.29) is 5.54 Å². The van der Waals surface area contributed by atoms with Crippen LogP contribution in [0.25, 0.3) is 5.57 Å². The Hall–Kier alpha value is -2.06. The van der Waals surface area contributed by atoms with Crippen molar-refractivity contribution in [2.45, 2.75) is 59.4 Å². The quantitative estimate of drug-likeness (QED) is 0.476. The van der Waals surface area contributed by atoms with Crippen molar-refractivity contribution in [3.63, 3.8) is 0 Å². The van der Waals surface area contributed by atoms with Crippen molar-refractivity contribution in [2.24, 2.45) is 4.99 Å². The molecule has 1 atom stereocenters. The Kier molecular flexibility index (Phi) is 6.00. The number of nitrogens with zero attached hydrogens (tertiary/aromatic N) is 2. The molecule has 2 aromatic rings. The number of fused-ring (bicyclic) bond motifs is 1. The summed E-state index contributed by atoms with van der Waals surface area (Å²) in [6.45, 7) is 14.3. The van der Waals surface area contributed by atoms with Crippen molar-refractivity contribution >= 4 is 34.8 Å². The molecule has 0 spiro atoms. The molecule has 0 saturated heterocycles. The summed E-state index contributed by atoms with van der Waals surface area (Å²) < 4.78 is 0. The van der Waals surface area contributed by atoms with Gasteiger partial charge in [0.2, 0.25) is 0 Å². The number of hydrogen-bond donors (Lipinski definition) is 0. The Labute approximate surface area is 174 Å². The van der Waals surface area contributed by atoms with Crippen LogP contribution in [0.5, 0.6) is 0 Å². The summed E-state index contributed by atoms with van der Waals surface area (Å²) in [5.74, 6) is 0.577. The van der Waals surface area contributed by atoms with Crippen LogP contribution in [0.2, 0.25) is 5.02 Å². The molecule has 0 aromatic heterocycles. The molecule has 1 unspecified atom stereocenters. The minimum Gasteiger partial charge on any atom is -0.363 e. The molecule has 0 radical (unpaired) electrons. The van der Waals surface area contributed by atoms with E-state index in [0.29, 0.717) is 5.92 Å². The molecule has 148 valence electrons. The second kappa shape index (κ2) is 8.13. The van der Waals surface area contributed by atoms with Crippen LogP contribution in [0.3, 0.4) is 0 Å². The van der Waals surface area contributed by atoms with Gasteiger partial charge in [-0.3, -0.25) is 4.99 Å². The maximum Gasteiger partial charge on any atom is 0.0630 e. The summed E-state index contributed by atoms with van der Waals surface area (Å²) in [5, 5.41) is 0.739. The molecule has 1 aliphatic heterocycles. The average Bonchev–Trinajstić information content (AvgIpc) is 2.66. The highest BCUT2D eigenvalue weighted by atomic mass is 35.5. The van der Waals surface area contributed by atoms with Gasteiger partial charge >= 0.3 is 0 Å². The number of allylic oxidation sites excluding steroid dienone is 1. The van der Waals surface area contributed by atoms with Gasteiger partial charge in [-0.05, 0) is 75.4 Å². The van der Waals surface area contributed by atoms with Gasteiger partial charge in [0.05, 0.1) is 16.2 Å². The van der Waals surface area contributed by atoms with Crippen molar-refractivity contribution in [1.82, 2.24) is 0 Å². The molecular formula is C25H31ClN2. The lowest BCUT2D eigenvalue weighted by atomic mass is 9.88. The van der Waals surface area contributed by atoms with Gasteiger partial charge in [0.25, 0.3) is 0 Å². The van der Waals surface area contributed by atoms with Crippen LogP contribution in [0.15, 0.2) is 47.5 Å². The van der Waals surface area contributed by atoms with Crippen molar-refractivity contribution in [3.8, 4) is 0 Å². The number of hydrogen-bond acceptors (Lipinski definition) is 2. The van der Waals surface area contributed by atoms with Crippen LogP contribution in [0.4, 0.5) is 11.4 Å². The summed E-state index contributed by atoms with van der Waals surface area (Å²) in [6, 6.07) is 12.8. The molecule has 3 heteroatoms. The summed E-state index contributed by atoms with van der Waals surface area (Å²) >= 11 is 6.64. The first-order chi connectivity index (χ1) is 13.3. The van der Waals surface area contributed by atoms with Crippen molar-refractivity contribution in [2.75, 3.05) is 11.4 Å². The number of rotatable bonds is 5. The molecule has 0 fully saturated rings. The Morgan fingerprint density at radius 2 is 1.82 bits per heavy atom. The van der Waals surface area contributed by atoms with Gasteiger partial charge in [0.15, 0.2) is 0 Å². The fourth-order valence-electron chi connectivity index (χ4n) is 4.06. The molecule has 0 aliphatic carbocycles. The summed E-state index contributed by atoms with van der Waals surface area (Å²) in [5.41, 5.74) is 6.97. The number of benzene rings is 2. The molecule has 28 heavy (non-hydrogen) atoms. The van der Waals surface area contributed by atoms with Gasteiger partial charge in [0.1, 0.15) is 0 Å². The van der Waals surface area contributed by atoms with Gasteiger partial charge in [-0.1, -0.05) is 43.7 Å². The molecule has 3 rings (SSSR count). The van der Waals surface area contributed by atoms with E-state index < -0.39 is 0 Å². The third kappa shape index (κ3) is 4.03. The first-order valence-electron chi connectivity index (χ1n) is 10.2. The van der Waals surface area contributed by atoms with E-state index in [1.54, 1.807) is 0 Å². The topological polar surface area (TPSA) is 15.6 Å². The van der Waals surface area contributed by atoms with Crippen molar-refractivity contribution < 1.29 is 0 Å². The lowest BCUT2D eigenvalue weighted by Crippen LogP contribution is -2.44. The number of aliphatic imine (C=N–C) groups is 1. The lowest BCUT2D eigenvalue weighted by molar-refractivity contribution is 0.566. The highest BCUT2D eigenvalue weighted by Gasteiger charge is 2.30. The minimum atomic E-state index is -0.0118. The lowest BCUT2D eigenvalue weighted by Gasteiger charge is -2.43. The Bertz CT molecular complexity index is 907. The zero-order valence-electron chi connectivity index (χ0n) is 17.9. The number of likely N-dealkylation sites (N-methyl/N-ethyl adjacent to an activating group) is 1. The van der Waals surface area contributed by atoms with Crippen LogP contribution < -0.4 is 4.90 Å². The molecule has 0 N–H and O–H groups in total. The molecular weight excluding hydrogens is 364 g/mol. The second-order valence-electron chi connectivity index (χ2n) is 8.28. The molecule has 0 saturated carbocycles. The molecule has 0 bridgehead atoms. The van der Waals surface area contributed by atoms with E-state index >= 15 is 0 Å². The van der Waals surface area contributed by atoms with E-state index in [1.165, 1.54) is 22.4 Å². The average molecular weight is 395 g/mol. The molecule has 2 aromatic carbocycles. The van der Waals surface area contributed by atoms with Crippen molar-refractivity contribution in [3.05, 3.63) is 64.2 Å². The maximum absolute atomic E-state index is 6.64. The Balaban J connectivity index is 1.92. The van der Waals surface area contributed by atoms with E-state index in [4.69, 9.17) is 11.6 Å². The normalized spacial score (nSPS) is 16.8. The van der Waals surface area contributed by atoms with E-state index in [0.717, 1.165) is 29.2 Å². The summed E-state index contributed by atoms with van der Waals surface area (Å²) in [6.07, 6.45) is 5.36. The smallest absolute Gasteiger partial charge is 0.0630 e. The van der Waals surface area contributed by atoms with Gasteiger partial charge in [-0.15, -0.1) is 0 Å². The standard InChI is InChI=1S/C25H31ClN2/c1-7-17(3)19-9-11-21(12-10-19)27-16-20-13-22-18(4)15-25(5,6)28(8-2)24(22)14-23(20)26/h9-17H,7-8H2,1-6H3. The molecule has 2 nitrogen and oxygen atoms in total. The Morgan fingerprint density at radius 3 is 2.43 bits per heavy atom. The fraction of sp³-hybridized carbons (Fsp3) is 0.400. The van der Waals surface area contributed by atoms with Crippen molar-refractivity contribution in [1.29, 1.82) is 0 Å². The van der Waals surface area contributed by atoms with Crippen LogP contribution in [-0.4, -0.2) is 18.3 Å². The zero-order chi connectivity index (χ0) is 20.5. The van der Waals surface area contributed by atoms with E-state index in [1.807, 2.05) is 6.21 Å². The predicted octanol–water partition coefficient (Wildman–Crippen LogP) is 7.63. The van der Waals surface area contributed by atoms with E-state index in [2.05, 4.69) is 93.9 Å². The highest BCUT2D eigenvalue weighted by Crippen LogP contribution is 2.41. The monoisotopic (exact) mass is 394 g/mol. The Morgan fingerprint density at radius 1 is 1.14 bits per heavy atom. The highest BCUT2D eigenvalue weighted by molar-refractivity contribution is 6.33. The molecule has 0 amide bonds. The third-order valence-corrected chi connectivity index (χ3v) is 6.17. The third-order valence-electron chi connectivity index (χ3n) is 5.84. The summed E-state index contributed by atoms with van der Waals surface area (Å²) in [4.78, 5) is 7.06. The number of anilines is 1. The SMILES string of the molecule is CCC(C)c1ccc(N=Cc2cc3c(cc2Cl)N(CC)C(C)(C)C=C3C)cc1. The minimum absolute atomic E-state index is 0.0118. The predicted molar refractivity (Wildman–Crippen MR) is 125 cm³/mol. The zero-order valence-corrected chi connectivity index (χ0v) is 18.6. The van der Waals surface area contributed by atoms with Crippen LogP contribution in [-0.2, 0) is 0 Å². The molecule has 1 heterocycles. The van der Waals surface area contributed by atoms with Crippen LogP contribution in [0, 0.1) is 0 Å².